The minimum absolute atomic E-state index is 0. The maximum Gasteiger partial charge on any atom is 2.00 e. The molecule has 0 bridgehead atoms. The molecule has 6 aromatic rings. The number of aromatic nitrogens is 2. The van der Waals surface area contributed by atoms with Crippen molar-refractivity contribution in [3.8, 4) is 22.3 Å². The number of pyridine rings is 2. The molecule has 4 aromatic carbocycles. The normalized spacial score (nSPS) is 15.7. The fourth-order valence-corrected chi connectivity index (χ4v) is 7.70. The number of fused-ring (bicyclic) bond motifs is 2. The summed E-state index contributed by atoms with van der Waals surface area (Å²) in [6.45, 7) is 0. The van der Waals surface area contributed by atoms with Crippen LogP contribution in [0.15, 0.2) is 109 Å². The first-order valence-electron chi connectivity index (χ1n) is 20.7. The zero-order valence-electron chi connectivity index (χ0n) is 34.4. The average Bonchev–Trinajstić information content (AvgIpc) is 4.17. The van der Waals surface area contributed by atoms with E-state index in [0.717, 1.165) is 92.3 Å². The summed E-state index contributed by atoms with van der Waals surface area (Å²) in [5.41, 5.74) is 8.76. The van der Waals surface area contributed by atoms with Crippen LogP contribution in [0.2, 0.25) is 0 Å². The topological polar surface area (TPSA) is 187 Å². The second-order valence-electron chi connectivity index (χ2n) is 16.0. The average molecular weight is 881 g/mol. The van der Waals surface area contributed by atoms with E-state index in [4.69, 9.17) is 9.97 Å². The number of aliphatic hydroxyl groups excluding tert-OH is 4. The summed E-state index contributed by atoms with van der Waals surface area (Å²) < 4.78 is 27.1. The largest absolute Gasteiger partial charge is 2.00 e. The molecule has 2 saturated carbocycles. The molecule has 320 valence electrons. The van der Waals surface area contributed by atoms with Gasteiger partial charge in [0, 0.05) is 82.5 Å². The maximum atomic E-state index is 13.6. The van der Waals surface area contributed by atoms with Crippen LogP contribution in [-0.4, -0.2) is 104 Å². The fraction of sp³-hybridized carbons (Fsp3) is 0.280. The monoisotopic (exact) mass is 880 g/mol. The molecule has 0 saturated heterocycles. The molecule has 2 aliphatic rings. The van der Waals surface area contributed by atoms with Gasteiger partial charge in [-0.25, -0.2) is 8.78 Å². The van der Waals surface area contributed by atoms with Crippen LogP contribution in [0.1, 0.15) is 85.7 Å². The van der Waals surface area contributed by atoms with Crippen molar-refractivity contribution >= 4 is 83.6 Å². The van der Waals surface area contributed by atoms with Gasteiger partial charge in [-0.1, -0.05) is 85.0 Å². The number of hydrogen-bond donors (Lipinski definition) is 4. The van der Waals surface area contributed by atoms with Gasteiger partial charge in [-0.2, -0.15) is 0 Å². The smallest absolute Gasteiger partial charge is 0.550 e. The molecule has 4 atom stereocenters. The number of hydrogen-bond acceptors (Lipinski definition) is 10. The molecule has 0 radical (unpaired) electrons. The minimum atomic E-state index is -1.36. The Morgan fingerprint density at radius 2 is 0.937 bits per heavy atom. The van der Waals surface area contributed by atoms with Gasteiger partial charge in [-0.15, -0.1) is 0 Å². The zero-order chi connectivity index (χ0) is 43.9. The van der Waals surface area contributed by atoms with Gasteiger partial charge in [0.15, 0.2) is 0 Å². The van der Waals surface area contributed by atoms with Crippen LogP contribution in [0.3, 0.4) is 0 Å². The van der Waals surface area contributed by atoms with Crippen molar-refractivity contribution < 1.29 is 49.0 Å². The number of nitrogens with zero attached hydrogens (tertiary/aromatic N) is 2. The minimum Gasteiger partial charge on any atom is -0.550 e. The van der Waals surface area contributed by atoms with E-state index in [0.29, 0.717) is 11.8 Å². The van der Waals surface area contributed by atoms with Crippen molar-refractivity contribution in [2.75, 3.05) is 0 Å². The van der Waals surface area contributed by atoms with E-state index in [1.807, 2.05) is 48.5 Å². The number of rotatable bonds is 16. The van der Waals surface area contributed by atoms with Crippen LogP contribution in [0.4, 0.5) is 8.78 Å². The summed E-state index contributed by atoms with van der Waals surface area (Å²) in [6.07, 6.45) is 5.02. The van der Waals surface area contributed by atoms with Gasteiger partial charge < -0.3 is 40.2 Å². The number of benzene rings is 4. The molecule has 0 aliphatic heterocycles. The molecular formula is C50H46CaF2N2O8. The third kappa shape index (κ3) is 12.6. The second-order valence-corrected chi connectivity index (χ2v) is 16.0. The second kappa shape index (κ2) is 21.6. The van der Waals surface area contributed by atoms with Crippen LogP contribution >= 0.6 is 0 Å². The first-order chi connectivity index (χ1) is 29.8. The maximum absolute atomic E-state index is 13.6. The van der Waals surface area contributed by atoms with Crippen LogP contribution in [0.5, 0.6) is 0 Å². The number of aliphatic carboxylic acids is 2. The number of aliphatic hydroxyl groups is 4. The third-order valence-electron chi connectivity index (χ3n) is 10.9. The SMILES string of the molecule is O=C([O-])C[C@H](O)C[C@H](O)C=Cc1c(C2CC2)nc2ccccc2c1-c1ccc(F)cc1.O=C([O-])C[C@H](O)C[C@H](O)C=Cc1c(C2CC2)nc2ccccc2c1-c1ccc(F)cc1.[Ca+2]. The van der Waals surface area contributed by atoms with Crippen molar-refractivity contribution in [3.05, 3.63) is 143 Å². The van der Waals surface area contributed by atoms with Crippen molar-refractivity contribution in [2.24, 2.45) is 0 Å². The molecular weight excluding hydrogens is 835 g/mol. The van der Waals surface area contributed by atoms with Crippen LogP contribution < -0.4 is 10.2 Å². The number of carbonyl (C=O) groups excluding carboxylic acids is 2. The third-order valence-corrected chi connectivity index (χ3v) is 10.9. The Labute approximate surface area is 393 Å². The Morgan fingerprint density at radius 1 is 0.587 bits per heavy atom. The summed E-state index contributed by atoms with van der Waals surface area (Å²) in [4.78, 5) is 31.0. The van der Waals surface area contributed by atoms with E-state index in [2.05, 4.69) is 0 Å². The van der Waals surface area contributed by atoms with Gasteiger partial charge >= 0.3 is 37.7 Å². The molecule has 2 fully saturated rings. The van der Waals surface area contributed by atoms with E-state index in [-0.39, 0.29) is 62.2 Å². The molecule has 13 heteroatoms. The Hall–Kier alpha value is -4.92. The summed E-state index contributed by atoms with van der Waals surface area (Å²) in [6, 6.07) is 28.1. The van der Waals surface area contributed by atoms with E-state index in [1.165, 1.54) is 24.3 Å². The predicted octanol–water partition coefficient (Wildman–Crippen LogP) is 5.99. The Bertz CT molecular complexity index is 2430. The summed E-state index contributed by atoms with van der Waals surface area (Å²) in [5.74, 6) is -2.72. The zero-order valence-corrected chi connectivity index (χ0v) is 36.7. The molecule has 0 spiro atoms. The van der Waals surface area contributed by atoms with Crippen molar-refractivity contribution in [1.29, 1.82) is 0 Å². The van der Waals surface area contributed by atoms with Gasteiger partial charge in [0.1, 0.15) is 11.6 Å². The van der Waals surface area contributed by atoms with Crippen molar-refractivity contribution in [3.63, 3.8) is 0 Å². The molecule has 8 rings (SSSR count). The van der Waals surface area contributed by atoms with E-state index < -0.39 is 49.2 Å². The Morgan fingerprint density at radius 3 is 1.27 bits per heavy atom. The van der Waals surface area contributed by atoms with E-state index in [1.54, 1.807) is 48.6 Å². The molecule has 2 heterocycles. The number of carbonyl (C=O) groups is 2. The quantitative estimate of drug-likeness (QED) is 0.0843. The first-order valence-corrected chi connectivity index (χ1v) is 20.7. The van der Waals surface area contributed by atoms with Crippen molar-refractivity contribution in [2.45, 2.75) is 87.6 Å². The Balaban J connectivity index is 0.000000206. The molecule has 4 N–H and O–H groups in total. The van der Waals surface area contributed by atoms with Gasteiger partial charge in [-0.3, -0.25) is 9.97 Å². The number of carboxylic acid groups (broad SMARTS) is 2. The van der Waals surface area contributed by atoms with Crippen molar-refractivity contribution in [1.82, 2.24) is 9.97 Å². The number of carboxylic acids is 2. The molecule has 10 nitrogen and oxygen atoms in total. The van der Waals surface area contributed by atoms with Gasteiger partial charge in [0.25, 0.3) is 0 Å². The van der Waals surface area contributed by atoms with Gasteiger partial charge in [-0.05, 0) is 73.2 Å². The molecule has 63 heavy (non-hydrogen) atoms. The number of para-hydroxylation sites is 2. The van der Waals surface area contributed by atoms with Crippen LogP contribution in [-0.2, 0) is 9.59 Å². The van der Waals surface area contributed by atoms with Gasteiger partial charge in [0.05, 0.1) is 46.8 Å². The van der Waals surface area contributed by atoms with Crippen LogP contribution in [0.25, 0.3) is 56.2 Å². The Kier molecular flexibility index (Phi) is 16.3. The fourth-order valence-electron chi connectivity index (χ4n) is 7.70. The van der Waals surface area contributed by atoms with E-state index in [9.17, 15) is 49.0 Å². The summed E-state index contributed by atoms with van der Waals surface area (Å²) in [7, 11) is 0. The standard InChI is InChI=1S/2C25H24FNO4.Ca/c2*26-17-9-7-15(8-10-17)24-20-3-1-2-4-22(20)27-25(16-5-6-16)21(24)12-11-18(28)13-19(29)14-23(30)31;/h2*1-4,7-12,16,18-19,28-29H,5-6,13-14H2,(H,30,31);/q;;+2/p-2/t2*18-,19-;/m11./s1. The molecule has 2 aliphatic carbocycles. The van der Waals surface area contributed by atoms with Gasteiger partial charge in [0.2, 0.25) is 0 Å². The van der Waals surface area contributed by atoms with E-state index >= 15 is 0 Å². The predicted molar refractivity (Wildman–Crippen MR) is 235 cm³/mol. The molecule has 0 unspecified atom stereocenters. The van der Waals surface area contributed by atoms with Crippen LogP contribution in [0, 0.1) is 11.6 Å². The summed E-state index contributed by atoms with van der Waals surface area (Å²) in [5, 5.41) is 63.3. The summed E-state index contributed by atoms with van der Waals surface area (Å²) >= 11 is 0. The molecule has 0 amide bonds. The molecule has 2 aromatic heterocycles. The first kappa shape index (κ1) is 47.6. The number of halogens is 2.